The number of guanidine groups is 1. The summed E-state index contributed by atoms with van der Waals surface area (Å²) in [6, 6.07) is 6.76. The molecule has 0 amide bonds. The van der Waals surface area contributed by atoms with Crippen LogP contribution >= 0.6 is 24.0 Å². The first-order chi connectivity index (χ1) is 12.2. The van der Waals surface area contributed by atoms with E-state index in [-0.39, 0.29) is 29.8 Å². The lowest BCUT2D eigenvalue weighted by molar-refractivity contribution is 0.140. The number of halogens is 2. The van der Waals surface area contributed by atoms with Gasteiger partial charge in [0.05, 0.1) is 6.54 Å². The van der Waals surface area contributed by atoms with Crippen molar-refractivity contribution in [1.82, 2.24) is 20.4 Å². The molecule has 0 aromatic heterocycles. The largest absolute Gasteiger partial charge is 0.357 e. The van der Waals surface area contributed by atoms with Crippen LogP contribution in [-0.4, -0.2) is 74.7 Å². The third-order valence-corrected chi connectivity index (χ3v) is 4.54. The molecule has 0 unspecified atom stereocenters. The lowest BCUT2D eigenvalue weighted by Crippen LogP contribution is -2.47. The standard InChI is InChI=1S/C19H32FN5.HI/c1-3-21-19(22-9-8-17-6-5-7-18(20)16-17)23-10-11-25-14-12-24(4-2)13-15-25;/h5-7,16H,3-4,8-15H2,1-2H3,(H2,21,22,23);1H. The number of hydrogen-bond donors (Lipinski definition) is 2. The van der Waals surface area contributed by atoms with E-state index in [4.69, 9.17) is 0 Å². The van der Waals surface area contributed by atoms with Crippen LogP contribution in [-0.2, 0) is 6.42 Å². The molecule has 26 heavy (non-hydrogen) atoms. The number of hydrogen-bond acceptors (Lipinski definition) is 3. The normalized spacial score (nSPS) is 16.2. The summed E-state index contributed by atoms with van der Waals surface area (Å²) in [6.07, 6.45) is 0.779. The first-order valence-corrected chi connectivity index (χ1v) is 9.42. The predicted octanol–water partition coefficient (Wildman–Crippen LogP) is 2.18. The van der Waals surface area contributed by atoms with Gasteiger partial charge >= 0.3 is 0 Å². The minimum absolute atomic E-state index is 0. The van der Waals surface area contributed by atoms with Crippen molar-refractivity contribution in [3.8, 4) is 0 Å². The summed E-state index contributed by atoms with van der Waals surface area (Å²) in [4.78, 5) is 9.62. The fourth-order valence-electron chi connectivity index (χ4n) is 2.99. The van der Waals surface area contributed by atoms with E-state index in [9.17, 15) is 4.39 Å². The summed E-state index contributed by atoms with van der Waals surface area (Å²) in [5.41, 5.74) is 0.997. The number of piperazine rings is 1. The minimum atomic E-state index is -0.179. The molecular formula is C19H33FIN5. The third-order valence-electron chi connectivity index (χ3n) is 4.54. The average Bonchev–Trinajstić information content (AvgIpc) is 2.62. The van der Waals surface area contributed by atoms with E-state index in [1.807, 2.05) is 6.07 Å². The van der Waals surface area contributed by atoms with E-state index in [1.54, 1.807) is 12.1 Å². The van der Waals surface area contributed by atoms with Crippen LogP contribution in [0.1, 0.15) is 19.4 Å². The SMILES string of the molecule is CCNC(=NCCN1CCN(CC)CC1)NCCc1cccc(F)c1.I. The zero-order valence-corrected chi connectivity index (χ0v) is 18.3. The molecule has 1 saturated heterocycles. The topological polar surface area (TPSA) is 42.9 Å². The highest BCUT2D eigenvalue weighted by Gasteiger charge is 2.14. The van der Waals surface area contributed by atoms with Gasteiger partial charge in [-0.05, 0) is 37.6 Å². The molecule has 0 atom stereocenters. The van der Waals surface area contributed by atoms with Gasteiger partial charge in [0.15, 0.2) is 5.96 Å². The Morgan fingerprint density at radius 2 is 1.85 bits per heavy atom. The molecule has 0 radical (unpaired) electrons. The van der Waals surface area contributed by atoms with E-state index >= 15 is 0 Å². The average molecular weight is 477 g/mol. The van der Waals surface area contributed by atoms with Gasteiger partial charge in [-0.25, -0.2) is 4.39 Å². The maximum atomic E-state index is 13.2. The van der Waals surface area contributed by atoms with E-state index < -0.39 is 0 Å². The summed E-state index contributed by atoms with van der Waals surface area (Å²) in [6.45, 7) is 13.4. The Balaban J connectivity index is 0.00000338. The summed E-state index contributed by atoms with van der Waals surface area (Å²) in [5, 5.41) is 6.60. The van der Waals surface area contributed by atoms with Gasteiger partial charge in [0, 0.05) is 45.8 Å². The number of rotatable bonds is 8. The fourth-order valence-corrected chi connectivity index (χ4v) is 2.99. The van der Waals surface area contributed by atoms with E-state index in [1.165, 1.54) is 6.07 Å². The molecule has 0 bridgehead atoms. The van der Waals surface area contributed by atoms with E-state index in [2.05, 4.69) is 39.3 Å². The summed E-state index contributed by atoms with van der Waals surface area (Å²) in [5.74, 6) is 0.660. The number of aliphatic imine (C=N–C) groups is 1. The van der Waals surface area contributed by atoms with Gasteiger partial charge < -0.3 is 15.5 Å². The first kappa shape index (κ1) is 23.1. The quantitative estimate of drug-likeness (QED) is 0.342. The van der Waals surface area contributed by atoms with Crippen LogP contribution in [0.3, 0.4) is 0 Å². The number of benzene rings is 1. The number of nitrogens with one attached hydrogen (secondary N) is 2. The lowest BCUT2D eigenvalue weighted by Gasteiger charge is -2.33. The molecule has 1 aromatic rings. The molecule has 7 heteroatoms. The van der Waals surface area contributed by atoms with Crippen LogP contribution in [0.15, 0.2) is 29.3 Å². The van der Waals surface area contributed by atoms with Gasteiger partial charge in [0.25, 0.3) is 0 Å². The van der Waals surface area contributed by atoms with Crippen LogP contribution in [0, 0.1) is 5.82 Å². The highest BCUT2D eigenvalue weighted by atomic mass is 127. The van der Waals surface area contributed by atoms with Gasteiger partial charge in [-0.3, -0.25) is 9.89 Å². The molecular weight excluding hydrogens is 444 g/mol. The Labute approximate surface area is 174 Å². The minimum Gasteiger partial charge on any atom is -0.357 e. The molecule has 1 aliphatic rings. The molecule has 1 aliphatic heterocycles. The predicted molar refractivity (Wildman–Crippen MR) is 118 cm³/mol. The Hall–Kier alpha value is -0.930. The summed E-state index contributed by atoms with van der Waals surface area (Å²) >= 11 is 0. The highest BCUT2D eigenvalue weighted by molar-refractivity contribution is 14.0. The summed E-state index contributed by atoms with van der Waals surface area (Å²) in [7, 11) is 0. The molecule has 0 spiro atoms. The van der Waals surface area contributed by atoms with Crippen molar-refractivity contribution in [3.63, 3.8) is 0 Å². The van der Waals surface area contributed by atoms with Gasteiger partial charge in [0.1, 0.15) is 5.82 Å². The summed E-state index contributed by atoms with van der Waals surface area (Å²) < 4.78 is 13.2. The van der Waals surface area contributed by atoms with Crippen molar-refractivity contribution in [2.24, 2.45) is 4.99 Å². The Kier molecular flexibility index (Phi) is 11.8. The van der Waals surface area contributed by atoms with Crippen molar-refractivity contribution in [2.45, 2.75) is 20.3 Å². The van der Waals surface area contributed by atoms with Gasteiger partial charge in [-0.15, -0.1) is 24.0 Å². The molecule has 1 fully saturated rings. The maximum absolute atomic E-state index is 13.2. The monoisotopic (exact) mass is 477 g/mol. The molecule has 148 valence electrons. The van der Waals surface area contributed by atoms with Crippen molar-refractivity contribution in [2.75, 3.05) is 58.9 Å². The second kappa shape index (κ2) is 13.3. The van der Waals surface area contributed by atoms with Gasteiger partial charge in [-0.1, -0.05) is 19.1 Å². The first-order valence-electron chi connectivity index (χ1n) is 9.42. The van der Waals surface area contributed by atoms with Gasteiger partial charge in [-0.2, -0.15) is 0 Å². The Bertz CT molecular complexity index is 532. The second-order valence-electron chi connectivity index (χ2n) is 6.34. The van der Waals surface area contributed by atoms with Crippen LogP contribution in [0.2, 0.25) is 0 Å². The number of nitrogens with zero attached hydrogens (tertiary/aromatic N) is 3. The van der Waals surface area contributed by atoms with Crippen LogP contribution < -0.4 is 10.6 Å². The van der Waals surface area contributed by atoms with Crippen molar-refractivity contribution >= 4 is 29.9 Å². The lowest BCUT2D eigenvalue weighted by atomic mass is 10.1. The van der Waals surface area contributed by atoms with Gasteiger partial charge in [0.2, 0.25) is 0 Å². The molecule has 2 rings (SSSR count). The zero-order valence-electron chi connectivity index (χ0n) is 16.0. The third kappa shape index (κ3) is 8.64. The highest BCUT2D eigenvalue weighted by Crippen LogP contribution is 2.03. The molecule has 5 nitrogen and oxygen atoms in total. The van der Waals surface area contributed by atoms with Crippen LogP contribution in [0.5, 0.6) is 0 Å². The van der Waals surface area contributed by atoms with Crippen LogP contribution in [0.4, 0.5) is 4.39 Å². The second-order valence-corrected chi connectivity index (χ2v) is 6.34. The fraction of sp³-hybridized carbons (Fsp3) is 0.632. The number of likely N-dealkylation sites (N-methyl/N-ethyl adjacent to an activating group) is 1. The molecule has 0 saturated carbocycles. The molecule has 2 N–H and O–H groups in total. The molecule has 0 aliphatic carbocycles. The van der Waals surface area contributed by atoms with E-state index in [0.717, 1.165) is 76.8 Å². The van der Waals surface area contributed by atoms with Crippen LogP contribution in [0.25, 0.3) is 0 Å². The maximum Gasteiger partial charge on any atom is 0.191 e. The Morgan fingerprint density at radius 3 is 2.50 bits per heavy atom. The molecule has 1 heterocycles. The zero-order chi connectivity index (χ0) is 17.9. The van der Waals surface area contributed by atoms with E-state index in [0.29, 0.717) is 0 Å². The smallest absolute Gasteiger partial charge is 0.191 e. The van der Waals surface area contributed by atoms with Crippen molar-refractivity contribution < 1.29 is 4.39 Å². The van der Waals surface area contributed by atoms with Crippen molar-refractivity contribution in [3.05, 3.63) is 35.6 Å². The Morgan fingerprint density at radius 1 is 1.12 bits per heavy atom. The van der Waals surface area contributed by atoms with Crippen molar-refractivity contribution in [1.29, 1.82) is 0 Å². The molecule has 1 aromatic carbocycles.